The number of nitro groups is 1. The fourth-order valence-electron chi connectivity index (χ4n) is 2.54. The highest BCUT2D eigenvalue weighted by Crippen LogP contribution is 2.27. The second-order valence-corrected chi connectivity index (χ2v) is 7.25. The zero-order valence-electron chi connectivity index (χ0n) is 15.6. The third-order valence-corrected chi connectivity index (χ3v) is 4.95. The first-order valence-corrected chi connectivity index (χ1v) is 9.43. The molecule has 8 nitrogen and oxygen atoms in total. The van der Waals surface area contributed by atoms with Crippen LogP contribution < -0.4 is 10.6 Å². The number of aromatic hydroxyl groups is 1. The molecule has 154 valence electrons. The van der Waals surface area contributed by atoms with E-state index < -0.39 is 22.8 Å². The molecule has 0 bridgehead atoms. The second kappa shape index (κ2) is 9.58. The topological polar surface area (TPSA) is 122 Å². The van der Waals surface area contributed by atoms with E-state index >= 15 is 0 Å². The van der Waals surface area contributed by atoms with Gasteiger partial charge in [0.15, 0.2) is 0 Å². The average Bonchev–Trinajstić information content (AvgIpc) is 2.68. The Hall–Kier alpha value is -2.84. The van der Waals surface area contributed by atoms with Gasteiger partial charge in [0.2, 0.25) is 5.91 Å². The number of nitrogens with zero attached hydrogens (tertiary/aromatic N) is 1. The Morgan fingerprint density at radius 1 is 1.21 bits per heavy atom. The van der Waals surface area contributed by atoms with Crippen LogP contribution in [0.15, 0.2) is 36.4 Å². The first-order chi connectivity index (χ1) is 13.6. The van der Waals surface area contributed by atoms with Crippen LogP contribution in [0, 0.1) is 16.0 Å². The molecule has 0 aromatic heterocycles. The maximum Gasteiger partial charge on any atom is 0.271 e. The van der Waals surface area contributed by atoms with E-state index in [9.17, 15) is 24.8 Å². The van der Waals surface area contributed by atoms with Gasteiger partial charge in [-0.15, -0.1) is 0 Å². The number of phenolic OH excluding ortho intramolecular Hbond substituents is 1. The molecule has 0 aliphatic heterocycles. The van der Waals surface area contributed by atoms with Crippen LogP contribution >= 0.6 is 23.2 Å². The standard InChI is InChI=1S/C19H19Cl2N3O5/c1-3-10(2)17(23-18(26)13-8-11(20)4-7-16(13)25)19(27)22-15-6-5-12(24(28)29)9-14(15)21/h4-10,17,25H,3H2,1-2H3,(H,22,27)(H,23,26)/t10-,17+/m1/s1. The average molecular weight is 440 g/mol. The Morgan fingerprint density at radius 3 is 2.48 bits per heavy atom. The number of nitrogens with one attached hydrogen (secondary N) is 2. The first-order valence-electron chi connectivity index (χ1n) is 8.68. The van der Waals surface area contributed by atoms with Crippen molar-refractivity contribution in [3.05, 3.63) is 62.1 Å². The number of rotatable bonds is 7. The molecule has 0 aliphatic rings. The van der Waals surface area contributed by atoms with Crippen LogP contribution in [0.3, 0.4) is 0 Å². The van der Waals surface area contributed by atoms with Crippen molar-refractivity contribution in [2.45, 2.75) is 26.3 Å². The second-order valence-electron chi connectivity index (χ2n) is 6.41. The van der Waals surface area contributed by atoms with Gasteiger partial charge in [0, 0.05) is 17.2 Å². The Kier molecular flexibility index (Phi) is 7.41. The SMILES string of the molecule is CC[C@@H](C)[C@H](NC(=O)c1cc(Cl)ccc1O)C(=O)Nc1ccc([N+](=O)[O-])cc1Cl. The molecule has 3 N–H and O–H groups in total. The Balaban J connectivity index is 2.23. The number of carbonyl (C=O) groups is 2. The zero-order chi connectivity index (χ0) is 21.7. The van der Waals surface area contributed by atoms with Gasteiger partial charge in [-0.3, -0.25) is 19.7 Å². The quantitative estimate of drug-likeness (QED) is 0.436. The number of hydrogen-bond acceptors (Lipinski definition) is 5. The van der Waals surface area contributed by atoms with Crippen molar-refractivity contribution in [3.63, 3.8) is 0 Å². The Bertz CT molecular complexity index is 951. The molecule has 0 saturated carbocycles. The molecule has 29 heavy (non-hydrogen) atoms. The minimum Gasteiger partial charge on any atom is -0.507 e. The maximum atomic E-state index is 12.8. The summed E-state index contributed by atoms with van der Waals surface area (Å²) < 4.78 is 0. The van der Waals surface area contributed by atoms with E-state index in [2.05, 4.69) is 10.6 Å². The van der Waals surface area contributed by atoms with Gasteiger partial charge in [0.05, 0.1) is 21.2 Å². The van der Waals surface area contributed by atoms with E-state index in [0.717, 1.165) is 6.07 Å². The van der Waals surface area contributed by atoms with Crippen molar-refractivity contribution in [2.75, 3.05) is 5.32 Å². The summed E-state index contributed by atoms with van der Waals surface area (Å²) in [5, 5.41) is 26.1. The summed E-state index contributed by atoms with van der Waals surface area (Å²) in [4.78, 5) is 35.6. The van der Waals surface area contributed by atoms with Crippen LogP contribution in [0.1, 0.15) is 30.6 Å². The molecule has 2 atom stereocenters. The molecular formula is C19H19Cl2N3O5. The summed E-state index contributed by atoms with van der Waals surface area (Å²) in [5.74, 6) is -1.74. The predicted octanol–water partition coefficient (Wildman–Crippen LogP) is 4.39. The summed E-state index contributed by atoms with van der Waals surface area (Å²) in [6, 6.07) is 6.72. The molecule has 2 amide bonds. The lowest BCUT2D eigenvalue weighted by Gasteiger charge is -2.24. The highest BCUT2D eigenvalue weighted by molar-refractivity contribution is 6.34. The fourth-order valence-corrected chi connectivity index (χ4v) is 2.93. The van der Waals surface area contributed by atoms with Gasteiger partial charge in [-0.2, -0.15) is 0 Å². The van der Waals surface area contributed by atoms with E-state index in [1.165, 1.54) is 30.3 Å². The van der Waals surface area contributed by atoms with Crippen molar-refractivity contribution in [2.24, 2.45) is 5.92 Å². The van der Waals surface area contributed by atoms with Gasteiger partial charge in [-0.1, -0.05) is 43.5 Å². The third-order valence-electron chi connectivity index (χ3n) is 4.41. The van der Waals surface area contributed by atoms with Gasteiger partial charge in [0.1, 0.15) is 11.8 Å². The molecule has 0 aliphatic carbocycles. The van der Waals surface area contributed by atoms with Crippen LogP contribution in [0.25, 0.3) is 0 Å². The monoisotopic (exact) mass is 439 g/mol. The molecule has 2 rings (SSSR count). The number of benzene rings is 2. The lowest BCUT2D eigenvalue weighted by Crippen LogP contribution is -2.47. The summed E-state index contributed by atoms with van der Waals surface area (Å²) >= 11 is 11.9. The molecule has 0 spiro atoms. The summed E-state index contributed by atoms with van der Waals surface area (Å²) in [7, 11) is 0. The molecule has 0 fully saturated rings. The highest BCUT2D eigenvalue weighted by Gasteiger charge is 2.28. The zero-order valence-corrected chi connectivity index (χ0v) is 17.1. The fraction of sp³-hybridized carbons (Fsp3) is 0.263. The number of hydrogen-bond donors (Lipinski definition) is 3. The van der Waals surface area contributed by atoms with E-state index in [0.29, 0.717) is 6.42 Å². The number of nitro benzene ring substituents is 1. The predicted molar refractivity (Wildman–Crippen MR) is 111 cm³/mol. The van der Waals surface area contributed by atoms with Crippen LogP contribution in [0.5, 0.6) is 5.75 Å². The van der Waals surface area contributed by atoms with Crippen LogP contribution in [-0.4, -0.2) is 27.9 Å². The van der Waals surface area contributed by atoms with Crippen LogP contribution in [-0.2, 0) is 4.79 Å². The van der Waals surface area contributed by atoms with Gasteiger partial charge >= 0.3 is 0 Å². The molecule has 0 radical (unpaired) electrons. The van der Waals surface area contributed by atoms with Crippen molar-refractivity contribution < 1.29 is 19.6 Å². The van der Waals surface area contributed by atoms with Crippen molar-refractivity contribution >= 4 is 46.4 Å². The molecule has 0 unspecified atom stereocenters. The summed E-state index contributed by atoms with van der Waals surface area (Å²) in [5.41, 5.74) is -0.0985. The summed E-state index contributed by atoms with van der Waals surface area (Å²) in [6.45, 7) is 3.63. The number of phenols is 1. The van der Waals surface area contributed by atoms with Crippen molar-refractivity contribution in [1.29, 1.82) is 0 Å². The number of halogens is 2. The van der Waals surface area contributed by atoms with Crippen molar-refractivity contribution in [3.8, 4) is 5.75 Å². The van der Waals surface area contributed by atoms with Crippen LogP contribution in [0.2, 0.25) is 10.0 Å². The van der Waals surface area contributed by atoms with Gasteiger partial charge in [-0.25, -0.2) is 0 Å². The molecule has 0 heterocycles. The van der Waals surface area contributed by atoms with Crippen LogP contribution in [0.4, 0.5) is 11.4 Å². The van der Waals surface area contributed by atoms with Crippen molar-refractivity contribution in [1.82, 2.24) is 5.32 Å². The number of amides is 2. The lowest BCUT2D eigenvalue weighted by molar-refractivity contribution is -0.384. The molecule has 2 aromatic rings. The first kappa shape index (κ1) is 22.4. The van der Waals surface area contributed by atoms with E-state index in [4.69, 9.17) is 23.2 Å². The minimum atomic E-state index is -0.947. The molecule has 2 aromatic carbocycles. The van der Waals surface area contributed by atoms with Gasteiger partial charge in [0.25, 0.3) is 11.6 Å². The van der Waals surface area contributed by atoms with Gasteiger partial charge in [-0.05, 0) is 30.2 Å². The molecule has 0 saturated heterocycles. The molecular weight excluding hydrogens is 421 g/mol. The minimum absolute atomic E-state index is 0.00531. The number of carbonyl (C=O) groups excluding carboxylic acids is 2. The largest absolute Gasteiger partial charge is 0.507 e. The van der Waals surface area contributed by atoms with Gasteiger partial charge < -0.3 is 15.7 Å². The molecule has 10 heteroatoms. The van der Waals surface area contributed by atoms with E-state index in [-0.39, 0.29) is 38.7 Å². The smallest absolute Gasteiger partial charge is 0.271 e. The number of anilines is 1. The normalized spacial score (nSPS) is 12.7. The van der Waals surface area contributed by atoms with E-state index in [1.54, 1.807) is 6.92 Å². The summed E-state index contributed by atoms with van der Waals surface area (Å²) in [6.07, 6.45) is 0.577. The number of non-ortho nitro benzene ring substituents is 1. The maximum absolute atomic E-state index is 12.8. The third kappa shape index (κ3) is 5.58. The van der Waals surface area contributed by atoms with E-state index in [1.807, 2.05) is 6.92 Å². The Morgan fingerprint density at radius 2 is 1.90 bits per heavy atom. The highest BCUT2D eigenvalue weighted by atomic mass is 35.5. The Labute approximate surface area is 177 Å². The lowest BCUT2D eigenvalue weighted by atomic mass is 9.97.